The van der Waals surface area contributed by atoms with Gasteiger partial charge in [0, 0.05) is 51.4 Å². The molecule has 0 unspecified atom stereocenters. The van der Waals surface area contributed by atoms with Crippen LogP contribution in [0.5, 0.6) is 5.75 Å². The Morgan fingerprint density at radius 1 is 1.14 bits per heavy atom. The van der Waals surface area contributed by atoms with Crippen LogP contribution in [0.2, 0.25) is 0 Å². The van der Waals surface area contributed by atoms with E-state index in [-0.39, 0.29) is 11.8 Å². The molecule has 1 aliphatic heterocycles. The maximum atomic E-state index is 12.5. The van der Waals surface area contributed by atoms with E-state index in [0.29, 0.717) is 23.7 Å². The third-order valence-electron chi connectivity index (χ3n) is 4.69. The topological polar surface area (TPSA) is 99.9 Å². The van der Waals surface area contributed by atoms with Gasteiger partial charge in [0.25, 0.3) is 0 Å². The Labute approximate surface area is 170 Å². The fourth-order valence-corrected chi connectivity index (χ4v) is 3.31. The molecule has 29 heavy (non-hydrogen) atoms. The van der Waals surface area contributed by atoms with Crippen LogP contribution in [0.4, 0.5) is 11.4 Å². The number of hydrogen-bond donors (Lipinski definition) is 2. The van der Waals surface area contributed by atoms with Crippen LogP contribution in [0.25, 0.3) is 0 Å². The van der Waals surface area contributed by atoms with E-state index >= 15 is 0 Å². The highest BCUT2D eigenvalue weighted by molar-refractivity contribution is 5.95. The van der Waals surface area contributed by atoms with E-state index in [9.17, 15) is 9.59 Å². The van der Waals surface area contributed by atoms with E-state index in [2.05, 4.69) is 25.6 Å². The highest BCUT2D eigenvalue weighted by Crippen LogP contribution is 2.27. The molecule has 2 aromatic rings. The van der Waals surface area contributed by atoms with Gasteiger partial charge in [-0.2, -0.15) is 0 Å². The Morgan fingerprint density at radius 3 is 2.48 bits per heavy atom. The Hall–Kier alpha value is -2.91. The summed E-state index contributed by atoms with van der Waals surface area (Å²) in [7, 11) is 1.54. The molecule has 1 aromatic carbocycles. The molecule has 0 saturated carbocycles. The molecule has 0 aliphatic carbocycles. The van der Waals surface area contributed by atoms with E-state index in [0.717, 1.165) is 44.2 Å². The van der Waals surface area contributed by atoms with Crippen molar-refractivity contribution in [3.8, 4) is 5.75 Å². The van der Waals surface area contributed by atoms with Gasteiger partial charge in [-0.15, -0.1) is 0 Å². The second kappa shape index (κ2) is 9.53. The number of nitrogens with zero attached hydrogens (tertiary/aromatic N) is 3. The van der Waals surface area contributed by atoms with Crippen LogP contribution in [0, 0.1) is 6.92 Å². The molecule has 0 spiro atoms. The summed E-state index contributed by atoms with van der Waals surface area (Å²) >= 11 is 0. The molecule has 156 valence electrons. The SMILES string of the molecule is COc1ccc(NC(C)=O)cc1NC(=O)CN1CCN(Cc2cc(C)on2)CC1. The second-order valence-electron chi connectivity index (χ2n) is 7.13. The number of piperazine rings is 1. The zero-order valence-corrected chi connectivity index (χ0v) is 17.0. The van der Waals surface area contributed by atoms with Gasteiger partial charge in [0.2, 0.25) is 11.8 Å². The number of benzene rings is 1. The van der Waals surface area contributed by atoms with Crippen molar-refractivity contribution >= 4 is 23.2 Å². The van der Waals surface area contributed by atoms with Crippen LogP contribution in [0.3, 0.4) is 0 Å². The van der Waals surface area contributed by atoms with Crippen molar-refractivity contribution in [1.29, 1.82) is 0 Å². The summed E-state index contributed by atoms with van der Waals surface area (Å²) in [5.74, 6) is 1.06. The van der Waals surface area contributed by atoms with Gasteiger partial charge in [0.15, 0.2) is 0 Å². The molecule has 0 radical (unpaired) electrons. The summed E-state index contributed by atoms with van der Waals surface area (Å²) in [4.78, 5) is 28.2. The van der Waals surface area contributed by atoms with Gasteiger partial charge in [0.05, 0.1) is 25.0 Å². The largest absolute Gasteiger partial charge is 0.495 e. The molecule has 1 saturated heterocycles. The molecule has 2 N–H and O–H groups in total. The van der Waals surface area contributed by atoms with E-state index in [4.69, 9.17) is 9.26 Å². The van der Waals surface area contributed by atoms with Crippen molar-refractivity contribution in [2.45, 2.75) is 20.4 Å². The lowest BCUT2D eigenvalue weighted by Crippen LogP contribution is -2.48. The van der Waals surface area contributed by atoms with Gasteiger partial charge in [-0.1, -0.05) is 5.16 Å². The van der Waals surface area contributed by atoms with Crippen LogP contribution < -0.4 is 15.4 Å². The lowest BCUT2D eigenvalue weighted by atomic mass is 10.2. The van der Waals surface area contributed by atoms with E-state index < -0.39 is 0 Å². The zero-order chi connectivity index (χ0) is 20.8. The van der Waals surface area contributed by atoms with E-state index in [1.165, 1.54) is 6.92 Å². The van der Waals surface area contributed by atoms with Gasteiger partial charge in [-0.3, -0.25) is 19.4 Å². The monoisotopic (exact) mass is 401 g/mol. The summed E-state index contributed by atoms with van der Waals surface area (Å²) in [6, 6.07) is 7.08. The molecule has 2 heterocycles. The summed E-state index contributed by atoms with van der Waals surface area (Å²) < 4.78 is 10.4. The van der Waals surface area contributed by atoms with Crippen LogP contribution in [-0.4, -0.2) is 66.6 Å². The van der Waals surface area contributed by atoms with Gasteiger partial charge in [-0.05, 0) is 25.1 Å². The lowest BCUT2D eigenvalue weighted by Gasteiger charge is -2.33. The normalized spacial score (nSPS) is 15.1. The van der Waals surface area contributed by atoms with Crippen molar-refractivity contribution in [3.63, 3.8) is 0 Å². The number of methoxy groups -OCH3 is 1. The Kier molecular flexibility index (Phi) is 6.84. The number of aryl methyl sites for hydroxylation is 1. The maximum Gasteiger partial charge on any atom is 0.238 e. The number of ether oxygens (including phenoxy) is 1. The number of anilines is 2. The minimum atomic E-state index is -0.175. The Balaban J connectivity index is 1.50. The van der Waals surface area contributed by atoms with Gasteiger partial charge in [-0.25, -0.2) is 0 Å². The van der Waals surface area contributed by atoms with Crippen LogP contribution in [0.1, 0.15) is 18.4 Å². The zero-order valence-electron chi connectivity index (χ0n) is 17.0. The second-order valence-corrected chi connectivity index (χ2v) is 7.13. The quantitative estimate of drug-likeness (QED) is 0.728. The summed E-state index contributed by atoms with van der Waals surface area (Å²) in [5.41, 5.74) is 2.06. The smallest absolute Gasteiger partial charge is 0.238 e. The number of nitrogens with one attached hydrogen (secondary N) is 2. The summed E-state index contributed by atoms with van der Waals surface area (Å²) in [6.45, 7) is 7.69. The Bertz CT molecular complexity index is 858. The highest BCUT2D eigenvalue weighted by Gasteiger charge is 2.20. The van der Waals surface area contributed by atoms with Gasteiger partial charge < -0.3 is 19.9 Å². The molecule has 2 amide bonds. The molecule has 9 heteroatoms. The molecule has 3 rings (SSSR count). The first-order valence-electron chi connectivity index (χ1n) is 9.55. The lowest BCUT2D eigenvalue weighted by molar-refractivity contribution is -0.117. The summed E-state index contributed by atoms with van der Waals surface area (Å²) in [6.07, 6.45) is 0. The number of amides is 2. The third-order valence-corrected chi connectivity index (χ3v) is 4.69. The third kappa shape index (κ3) is 6.03. The maximum absolute atomic E-state index is 12.5. The van der Waals surface area contributed by atoms with Crippen molar-refractivity contribution in [2.75, 3.05) is 50.5 Å². The number of hydrogen-bond acceptors (Lipinski definition) is 7. The molecular formula is C20H27N5O4. The average molecular weight is 401 g/mol. The molecular weight excluding hydrogens is 374 g/mol. The standard InChI is InChI=1S/C20H27N5O4/c1-14-10-17(23-29-14)12-24-6-8-25(9-7-24)13-20(27)22-18-11-16(21-15(2)26)4-5-19(18)28-3/h4-5,10-11H,6-9,12-13H2,1-3H3,(H,21,26)(H,22,27). The van der Waals surface area contributed by atoms with Crippen LogP contribution in [-0.2, 0) is 16.1 Å². The van der Waals surface area contributed by atoms with E-state index in [1.807, 2.05) is 13.0 Å². The molecule has 1 aromatic heterocycles. The van der Waals surface area contributed by atoms with Crippen molar-refractivity contribution < 1.29 is 18.8 Å². The number of carbonyl (C=O) groups is 2. The molecule has 0 atom stereocenters. The fraction of sp³-hybridized carbons (Fsp3) is 0.450. The first-order valence-corrected chi connectivity index (χ1v) is 9.55. The van der Waals surface area contributed by atoms with Crippen molar-refractivity contribution in [3.05, 3.63) is 35.7 Å². The Morgan fingerprint density at radius 2 is 1.86 bits per heavy atom. The first-order chi connectivity index (χ1) is 13.9. The summed E-state index contributed by atoms with van der Waals surface area (Å²) in [5, 5.41) is 9.62. The number of carbonyl (C=O) groups excluding carboxylic acids is 2. The van der Waals surface area contributed by atoms with Gasteiger partial charge in [0.1, 0.15) is 11.5 Å². The molecule has 1 fully saturated rings. The minimum Gasteiger partial charge on any atom is -0.495 e. The highest BCUT2D eigenvalue weighted by atomic mass is 16.5. The van der Waals surface area contributed by atoms with Crippen molar-refractivity contribution in [2.24, 2.45) is 0 Å². The van der Waals surface area contributed by atoms with E-state index in [1.54, 1.807) is 25.3 Å². The first kappa shape index (κ1) is 20.8. The predicted molar refractivity (Wildman–Crippen MR) is 109 cm³/mol. The molecule has 1 aliphatic rings. The average Bonchev–Trinajstić information content (AvgIpc) is 3.08. The minimum absolute atomic E-state index is 0.121. The molecule has 0 bridgehead atoms. The predicted octanol–water partition coefficient (Wildman–Crippen LogP) is 1.71. The van der Waals surface area contributed by atoms with Crippen LogP contribution >= 0.6 is 0 Å². The number of rotatable bonds is 7. The fourth-order valence-electron chi connectivity index (χ4n) is 3.31. The van der Waals surface area contributed by atoms with Crippen LogP contribution in [0.15, 0.2) is 28.8 Å². The van der Waals surface area contributed by atoms with Gasteiger partial charge >= 0.3 is 0 Å². The number of aromatic nitrogens is 1. The molecule has 9 nitrogen and oxygen atoms in total. The van der Waals surface area contributed by atoms with Crippen molar-refractivity contribution in [1.82, 2.24) is 15.0 Å².